The van der Waals surface area contributed by atoms with Crippen molar-refractivity contribution < 1.29 is 9.59 Å². The lowest BCUT2D eigenvalue weighted by atomic mass is 9.59. The topological polar surface area (TPSA) is 34.1 Å². The summed E-state index contributed by atoms with van der Waals surface area (Å²) in [6.07, 6.45) is 12.4. The van der Waals surface area contributed by atoms with Crippen LogP contribution in [0.2, 0.25) is 0 Å². The fourth-order valence-electron chi connectivity index (χ4n) is 6.82. The average Bonchev–Trinajstić information content (AvgIpc) is 2.95. The number of ketones is 2. The predicted molar refractivity (Wildman–Crippen MR) is 170 cm³/mol. The molecule has 40 heavy (non-hydrogen) atoms. The normalized spacial score (nSPS) is 21.4. The van der Waals surface area contributed by atoms with Gasteiger partial charge in [-0.05, 0) is 46.9 Å². The third-order valence-corrected chi connectivity index (χ3v) is 9.38. The first-order valence-corrected chi connectivity index (χ1v) is 16.5. The minimum absolute atomic E-state index is 0.0398. The van der Waals surface area contributed by atoms with Crippen LogP contribution in [-0.4, -0.2) is 11.6 Å². The van der Waals surface area contributed by atoms with Crippen molar-refractivity contribution in [3.63, 3.8) is 0 Å². The second-order valence-corrected chi connectivity index (χ2v) is 13.1. The minimum Gasteiger partial charge on any atom is -0.299 e. The Morgan fingerprint density at radius 2 is 1.20 bits per heavy atom. The Morgan fingerprint density at radius 3 is 1.73 bits per heavy atom. The van der Waals surface area contributed by atoms with Gasteiger partial charge in [0.2, 0.25) is 0 Å². The third-order valence-electron chi connectivity index (χ3n) is 9.38. The second kappa shape index (κ2) is 16.3. The van der Waals surface area contributed by atoms with Gasteiger partial charge in [0.25, 0.3) is 0 Å². The summed E-state index contributed by atoms with van der Waals surface area (Å²) < 4.78 is 0. The van der Waals surface area contributed by atoms with E-state index in [-0.39, 0.29) is 23.7 Å². The van der Waals surface area contributed by atoms with Crippen molar-refractivity contribution in [3.8, 4) is 0 Å². The van der Waals surface area contributed by atoms with Crippen LogP contribution in [0, 0.1) is 11.8 Å². The first-order chi connectivity index (χ1) is 19.3. The van der Waals surface area contributed by atoms with Gasteiger partial charge in [0.15, 0.2) is 0 Å². The molecule has 1 saturated carbocycles. The third kappa shape index (κ3) is 8.64. The van der Waals surface area contributed by atoms with Crippen LogP contribution >= 0.6 is 0 Å². The molecule has 1 aliphatic rings. The summed E-state index contributed by atoms with van der Waals surface area (Å²) in [7, 11) is 0. The van der Waals surface area contributed by atoms with E-state index in [1.54, 1.807) is 0 Å². The first kappa shape index (κ1) is 32.3. The number of benzene rings is 2. The summed E-state index contributed by atoms with van der Waals surface area (Å²) in [5, 5.41) is 0. The van der Waals surface area contributed by atoms with E-state index in [2.05, 4.69) is 90.1 Å². The molecule has 0 spiro atoms. The van der Waals surface area contributed by atoms with E-state index in [1.807, 2.05) is 0 Å². The molecule has 3 rings (SSSR count). The molecule has 0 aromatic heterocycles. The van der Waals surface area contributed by atoms with Crippen LogP contribution in [0.15, 0.2) is 48.5 Å². The number of unbranched alkanes of at least 4 members (excludes halogenated alkanes) is 7. The molecule has 2 nitrogen and oxygen atoms in total. The van der Waals surface area contributed by atoms with Crippen LogP contribution < -0.4 is 0 Å². The number of rotatable bonds is 16. The number of carbonyl (C=O) groups excluding carboxylic acids is 2. The van der Waals surface area contributed by atoms with Crippen molar-refractivity contribution in [1.82, 2.24) is 0 Å². The largest absolute Gasteiger partial charge is 0.299 e. The molecule has 0 radical (unpaired) electrons. The standard InChI is InChI=1S/C38H56O2/c1-7-9-11-13-15-17-35(39)38-34(31-22-18-29(19-23-31)27(3)4)26-36(40)33(16-14-12-10-8-2)37(38)32-24-20-30(21-25-32)28(5)6/h18-25,27-28,33-34,37-38H,7-17,26H2,1-6H3/t33-,34+,37-,38-/m0/s1. The quantitative estimate of drug-likeness (QED) is 0.197. The fourth-order valence-corrected chi connectivity index (χ4v) is 6.82. The molecular formula is C38H56O2. The minimum atomic E-state index is -0.144. The maximum absolute atomic E-state index is 14.3. The Labute approximate surface area is 245 Å². The van der Waals surface area contributed by atoms with Crippen LogP contribution in [-0.2, 0) is 9.59 Å². The molecule has 0 saturated heterocycles. The van der Waals surface area contributed by atoms with Gasteiger partial charge in [-0.3, -0.25) is 9.59 Å². The Bertz CT molecular complexity index is 1030. The molecule has 1 fully saturated rings. The number of carbonyl (C=O) groups is 2. The lowest BCUT2D eigenvalue weighted by molar-refractivity contribution is -0.133. The molecule has 2 aromatic carbocycles. The molecule has 2 aromatic rings. The molecule has 0 aliphatic heterocycles. The van der Waals surface area contributed by atoms with Gasteiger partial charge in [-0.25, -0.2) is 0 Å². The number of hydrogen-bond donors (Lipinski definition) is 0. The molecule has 0 unspecified atom stereocenters. The SMILES string of the molecule is CCCCCCCC(=O)[C@H]1[C@@H](c2ccc(C(C)C)cc2)[C@@H](CCCCCC)C(=O)C[C@@H]1c1ccc(C(C)C)cc1. The first-order valence-electron chi connectivity index (χ1n) is 16.5. The van der Waals surface area contributed by atoms with Crippen molar-refractivity contribution in [2.24, 2.45) is 11.8 Å². The second-order valence-electron chi connectivity index (χ2n) is 13.1. The van der Waals surface area contributed by atoms with E-state index >= 15 is 0 Å². The lowest BCUT2D eigenvalue weighted by Crippen LogP contribution is -2.42. The summed E-state index contributed by atoms with van der Waals surface area (Å²) in [6.45, 7) is 13.3. The van der Waals surface area contributed by atoms with Crippen molar-refractivity contribution >= 4 is 11.6 Å². The number of hydrogen-bond acceptors (Lipinski definition) is 2. The molecule has 2 heteroatoms. The molecule has 4 atom stereocenters. The maximum Gasteiger partial charge on any atom is 0.137 e. The summed E-state index contributed by atoms with van der Waals surface area (Å²) in [4.78, 5) is 28.2. The zero-order valence-corrected chi connectivity index (χ0v) is 26.4. The molecule has 0 N–H and O–H groups in total. The highest BCUT2D eigenvalue weighted by molar-refractivity contribution is 5.90. The van der Waals surface area contributed by atoms with Crippen LogP contribution in [0.25, 0.3) is 0 Å². The van der Waals surface area contributed by atoms with Gasteiger partial charge in [-0.1, -0.05) is 141 Å². The Balaban J connectivity index is 2.02. The van der Waals surface area contributed by atoms with E-state index in [1.165, 1.54) is 48.8 Å². The highest BCUT2D eigenvalue weighted by Gasteiger charge is 2.47. The van der Waals surface area contributed by atoms with E-state index in [0.29, 0.717) is 36.2 Å². The van der Waals surface area contributed by atoms with Crippen LogP contribution in [0.3, 0.4) is 0 Å². The van der Waals surface area contributed by atoms with Gasteiger partial charge in [0.05, 0.1) is 0 Å². The van der Waals surface area contributed by atoms with Gasteiger partial charge < -0.3 is 0 Å². The van der Waals surface area contributed by atoms with Crippen LogP contribution in [0.5, 0.6) is 0 Å². The average molecular weight is 545 g/mol. The van der Waals surface area contributed by atoms with Crippen molar-refractivity contribution in [1.29, 1.82) is 0 Å². The van der Waals surface area contributed by atoms with Gasteiger partial charge in [-0.15, -0.1) is 0 Å². The highest BCUT2D eigenvalue weighted by Crippen LogP contribution is 2.50. The van der Waals surface area contributed by atoms with E-state index in [4.69, 9.17) is 0 Å². The summed E-state index contributed by atoms with van der Waals surface area (Å²) in [5.74, 6) is 1.36. The Kier molecular flexibility index (Phi) is 13.1. The highest BCUT2D eigenvalue weighted by atomic mass is 16.1. The zero-order chi connectivity index (χ0) is 29.1. The van der Waals surface area contributed by atoms with E-state index in [9.17, 15) is 9.59 Å². The molecule has 0 bridgehead atoms. The maximum atomic E-state index is 14.3. The molecule has 220 valence electrons. The summed E-state index contributed by atoms with van der Waals surface area (Å²) in [6, 6.07) is 17.7. The van der Waals surface area contributed by atoms with Crippen molar-refractivity contribution in [2.45, 2.75) is 142 Å². The molecule has 0 heterocycles. The van der Waals surface area contributed by atoms with Gasteiger partial charge >= 0.3 is 0 Å². The Morgan fingerprint density at radius 1 is 0.700 bits per heavy atom. The van der Waals surface area contributed by atoms with Crippen LogP contribution in [0.4, 0.5) is 0 Å². The summed E-state index contributed by atoms with van der Waals surface area (Å²) >= 11 is 0. The fraction of sp³-hybridized carbons (Fsp3) is 0.632. The zero-order valence-electron chi connectivity index (χ0n) is 26.4. The van der Waals surface area contributed by atoms with Gasteiger partial charge in [0.1, 0.15) is 11.6 Å². The molecule has 1 aliphatic carbocycles. The predicted octanol–water partition coefficient (Wildman–Crippen LogP) is 10.9. The lowest BCUT2D eigenvalue weighted by Gasteiger charge is -2.42. The Hall–Kier alpha value is -2.22. The summed E-state index contributed by atoms with van der Waals surface area (Å²) in [5.41, 5.74) is 4.96. The van der Waals surface area contributed by atoms with E-state index < -0.39 is 0 Å². The van der Waals surface area contributed by atoms with Crippen molar-refractivity contribution in [2.75, 3.05) is 0 Å². The van der Waals surface area contributed by atoms with Gasteiger partial charge in [-0.2, -0.15) is 0 Å². The smallest absolute Gasteiger partial charge is 0.137 e. The van der Waals surface area contributed by atoms with Crippen molar-refractivity contribution in [3.05, 3.63) is 70.8 Å². The van der Waals surface area contributed by atoms with Gasteiger partial charge in [0, 0.05) is 36.5 Å². The van der Waals surface area contributed by atoms with Crippen LogP contribution in [0.1, 0.15) is 165 Å². The molecular weight excluding hydrogens is 488 g/mol. The monoisotopic (exact) mass is 544 g/mol. The van der Waals surface area contributed by atoms with E-state index in [0.717, 1.165) is 37.7 Å². The number of Topliss-reactive ketones (excluding diaryl/α,β-unsaturated/α-hetero) is 2. The molecule has 0 amide bonds.